The van der Waals surface area contributed by atoms with E-state index in [1.807, 2.05) is 0 Å². The summed E-state index contributed by atoms with van der Waals surface area (Å²) in [6.07, 6.45) is 5.13. The van der Waals surface area contributed by atoms with Gasteiger partial charge in [-0.15, -0.1) is 11.3 Å². The van der Waals surface area contributed by atoms with E-state index >= 15 is 0 Å². The van der Waals surface area contributed by atoms with E-state index < -0.39 is 48.0 Å². The lowest BCUT2D eigenvalue weighted by Gasteiger charge is -2.20. The number of rotatable bonds is 7. The number of carbonyl (C=O) groups is 5. The topological polar surface area (TPSA) is 131 Å². The number of aryl methyl sites for hydroxylation is 1. The summed E-state index contributed by atoms with van der Waals surface area (Å²) in [6.45, 7) is 2.77. The van der Waals surface area contributed by atoms with Gasteiger partial charge < -0.3 is 20.1 Å². The van der Waals surface area contributed by atoms with E-state index in [-0.39, 0.29) is 6.61 Å². The summed E-state index contributed by atoms with van der Waals surface area (Å²) in [6, 6.07) is -0.621. The van der Waals surface area contributed by atoms with E-state index in [1.165, 1.54) is 18.3 Å². The highest BCUT2D eigenvalue weighted by Gasteiger charge is 2.52. The van der Waals surface area contributed by atoms with Crippen molar-refractivity contribution in [3.63, 3.8) is 0 Å². The molecule has 1 saturated carbocycles. The van der Waals surface area contributed by atoms with Gasteiger partial charge in [-0.3, -0.25) is 19.3 Å². The molecule has 2 N–H and O–H groups in total. The van der Waals surface area contributed by atoms with Crippen LogP contribution in [-0.4, -0.2) is 59.5 Å². The summed E-state index contributed by atoms with van der Waals surface area (Å²) >= 11 is 1.34. The van der Waals surface area contributed by atoms with Crippen LogP contribution in [0.25, 0.3) is 0 Å². The Morgan fingerprint density at radius 3 is 2.56 bits per heavy atom. The fraction of sp³-hybridized carbons (Fsp3) is 0.609. The molecular formula is C23H29N3O7S. The predicted octanol–water partition coefficient (Wildman–Crippen LogP) is 2.54. The first-order chi connectivity index (χ1) is 16.3. The summed E-state index contributed by atoms with van der Waals surface area (Å²) in [5.41, 5.74) is 0.367. The smallest absolute Gasteiger partial charge is 0.341 e. The molecule has 1 aliphatic heterocycles. The number of carbonyl (C=O) groups excluding carboxylic acids is 5. The normalized spacial score (nSPS) is 19.5. The summed E-state index contributed by atoms with van der Waals surface area (Å²) in [5.74, 6) is -2.38. The molecule has 1 aromatic heterocycles. The molecule has 1 atom stereocenters. The van der Waals surface area contributed by atoms with Gasteiger partial charge in [-0.2, -0.15) is 0 Å². The molecule has 2 aliphatic carbocycles. The number of amides is 4. The molecule has 34 heavy (non-hydrogen) atoms. The minimum absolute atomic E-state index is 0.217. The lowest BCUT2D eigenvalue weighted by molar-refractivity contribution is -0.155. The molecule has 4 rings (SSSR count). The van der Waals surface area contributed by atoms with Gasteiger partial charge in [-0.25, -0.2) is 9.59 Å². The Hall–Kier alpha value is -2.95. The highest BCUT2D eigenvalue weighted by Crippen LogP contribution is 2.39. The lowest BCUT2D eigenvalue weighted by Crippen LogP contribution is -2.44. The second-order valence-electron chi connectivity index (χ2n) is 8.87. The molecule has 1 spiro atoms. The Balaban J connectivity index is 1.39. The molecular weight excluding hydrogens is 462 g/mol. The fourth-order valence-corrected chi connectivity index (χ4v) is 6.12. The number of imide groups is 1. The van der Waals surface area contributed by atoms with Crippen molar-refractivity contribution < 1.29 is 33.4 Å². The predicted molar refractivity (Wildman–Crippen MR) is 123 cm³/mol. The summed E-state index contributed by atoms with van der Waals surface area (Å²) in [7, 11) is 0. The molecule has 0 radical (unpaired) electrons. The van der Waals surface area contributed by atoms with Crippen LogP contribution in [0.4, 0.5) is 9.80 Å². The van der Waals surface area contributed by atoms with Crippen molar-refractivity contribution in [1.82, 2.24) is 10.2 Å². The van der Waals surface area contributed by atoms with Crippen LogP contribution in [0, 0.1) is 0 Å². The summed E-state index contributed by atoms with van der Waals surface area (Å²) in [4.78, 5) is 64.6. The number of hydrogen-bond donors (Lipinski definition) is 2. The highest BCUT2D eigenvalue weighted by atomic mass is 32.1. The SMILES string of the molecule is CCOC(=O)c1c(NC(=O)C(C)OC(=O)CN2C(=O)NC3(CCCC3)C2=O)sc2c1CCCC2. The van der Waals surface area contributed by atoms with Crippen LogP contribution in [-0.2, 0) is 36.7 Å². The number of nitrogens with zero attached hydrogens (tertiary/aromatic N) is 1. The third-order valence-electron chi connectivity index (χ3n) is 6.56. The van der Waals surface area contributed by atoms with E-state index in [1.54, 1.807) is 6.92 Å². The maximum Gasteiger partial charge on any atom is 0.341 e. The van der Waals surface area contributed by atoms with Crippen LogP contribution in [0.15, 0.2) is 0 Å². The average Bonchev–Trinajstić information content (AvgIpc) is 3.47. The van der Waals surface area contributed by atoms with Crippen molar-refractivity contribution in [3.8, 4) is 0 Å². The third-order valence-corrected chi connectivity index (χ3v) is 7.76. The number of urea groups is 1. The van der Waals surface area contributed by atoms with Crippen LogP contribution in [0.1, 0.15) is 73.2 Å². The van der Waals surface area contributed by atoms with Gasteiger partial charge in [0.25, 0.3) is 11.8 Å². The van der Waals surface area contributed by atoms with Crippen LogP contribution in [0.3, 0.4) is 0 Å². The van der Waals surface area contributed by atoms with Crippen molar-refractivity contribution in [2.24, 2.45) is 0 Å². The zero-order valence-electron chi connectivity index (χ0n) is 19.4. The first kappa shape index (κ1) is 24.2. The van der Waals surface area contributed by atoms with Gasteiger partial charge >= 0.3 is 18.0 Å². The van der Waals surface area contributed by atoms with Gasteiger partial charge in [0.1, 0.15) is 17.1 Å². The Kier molecular flexibility index (Phi) is 6.92. The second-order valence-corrected chi connectivity index (χ2v) is 9.97. The molecule has 11 heteroatoms. The van der Waals surface area contributed by atoms with E-state index in [9.17, 15) is 24.0 Å². The molecule has 10 nitrogen and oxygen atoms in total. The molecule has 1 unspecified atom stereocenters. The molecule has 2 fully saturated rings. The Morgan fingerprint density at radius 2 is 1.85 bits per heavy atom. The van der Waals surface area contributed by atoms with E-state index in [4.69, 9.17) is 9.47 Å². The molecule has 1 saturated heterocycles. The van der Waals surface area contributed by atoms with Crippen LogP contribution >= 0.6 is 11.3 Å². The molecule has 1 aromatic rings. The Labute approximate surface area is 201 Å². The number of nitrogens with one attached hydrogen (secondary N) is 2. The monoisotopic (exact) mass is 491 g/mol. The van der Waals surface area contributed by atoms with Crippen LogP contribution in [0.5, 0.6) is 0 Å². The van der Waals surface area contributed by atoms with Gasteiger partial charge in [-0.1, -0.05) is 12.8 Å². The largest absolute Gasteiger partial charge is 0.462 e. The highest BCUT2D eigenvalue weighted by molar-refractivity contribution is 7.17. The minimum atomic E-state index is -1.19. The van der Waals surface area contributed by atoms with Crippen LogP contribution < -0.4 is 10.6 Å². The molecule has 0 bridgehead atoms. The quantitative estimate of drug-likeness (QED) is 0.443. The average molecular weight is 492 g/mol. The number of esters is 2. The van der Waals surface area contributed by atoms with Gasteiger partial charge in [0, 0.05) is 4.88 Å². The van der Waals surface area contributed by atoms with Gasteiger partial charge in [0.15, 0.2) is 6.10 Å². The zero-order valence-corrected chi connectivity index (χ0v) is 20.2. The van der Waals surface area contributed by atoms with E-state index in [2.05, 4.69) is 10.6 Å². The number of anilines is 1. The Morgan fingerprint density at radius 1 is 1.15 bits per heavy atom. The zero-order chi connectivity index (χ0) is 24.5. The van der Waals surface area contributed by atoms with Gasteiger partial charge in [0.05, 0.1) is 12.2 Å². The van der Waals surface area contributed by atoms with Gasteiger partial charge in [-0.05, 0) is 57.9 Å². The van der Waals surface area contributed by atoms with Crippen molar-refractivity contribution in [2.75, 3.05) is 18.5 Å². The maximum absolute atomic E-state index is 12.8. The van der Waals surface area contributed by atoms with E-state index in [0.717, 1.165) is 53.9 Å². The maximum atomic E-state index is 12.8. The fourth-order valence-electron chi connectivity index (χ4n) is 4.84. The van der Waals surface area contributed by atoms with E-state index in [0.29, 0.717) is 23.4 Å². The minimum Gasteiger partial charge on any atom is -0.462 e. The van der Waals surface area contributed by atoms with Crippen molar-refractivity contribution >= 4 is 46.1 Å². The van der Waals surface area contributed by atoms with Crippen molar-refractivity contribution in [2.45, 2.75) is 76.9 Å². The summed E-state index contributed by atoms with van der Waals surface area (Å²) < 4.78 is 10.4. The van der Waals surface area contributed by atoms with Gasteiger partial charge in [0.2, 0.25) is 0 Å². The standard InChI is InChI=1S/C23H29N3O7S/c1-3-32-20(29)17-14-8-4-5-9-15(14)34-19(17)24-18(28)13(2)33-16(27)12-26-21(30)23(25-22(26)31)10-6-7-11-23/h13H,3-12H2,1-2H3,(H,24,28)(H,25,31). The van der Waals surface area contributed by atoms with Crippen molar-refractivity contribution in [1.29, 1.82) is 0 Å². The Bertz CT molecular complexity index is 1030. The molecule has 2 heterocycles. The first-order valence-electron chi connectivity index (χ1n) is 11.7. The number of ether oxygens (including phenoxy) is 2. The van der Waals surface area contributed by atoms with Crippen molar-refractivity contribution in [3.05, 3.63) is 16.0 Å². The van der Waals surface area contributed by atoms with Crippen LogP contribution in [0.2, 0.25) is 0 Å². The first-order valence-corrected chi connectivity index (χ1v) is 12.5. The molecule has 184 valence electrons. The molecule has 0 aromatic carbocycles. The molecule has 4 amide bonds. The number of hydrogen-bond acceptors (Lipinski definition) is 8. The number of thiophene rings is 1. The third kappa shape index (κ3) is 4.53. The lowest BCUT2D eigenvalue weighted by atomic mass is 9.95. The number of fused-ring (bicyclic) bond motifs is 1. The summed E-state index contributed by atoms with van der Waals surface area (Å²) in [5, 5.41) is 5.79. The second kappa shape index (κ2) is 9.73. The molecule has 3 aliphatic rings.